The molecule has 19 heavy (non-hydrogen) atoms. The van der Waals surface area contributed by atoms with E-state index in [0.29, 0.717) is 18.7 Å². The van der Waals surface area contributed by atoms with Crippen LogP contribution in [0.1, 0.15) is 22.5 Å². The van der Waals surface area contributed by atoms with Crippen molar-refractivity contribution in [1.82, 2.24) is 4.57 Å². The first kappa shape index (κ1) is 13.1. The molecule has 1 amide bonds. The van der Waals surface area contributed by atoms with Gasteiger partial charge in [-0.2, -0.15) is 0 Å². The smallest absolute Gasteiger partial charge is 0.226 e. The summed E-state index contributed by atoms with van der Waals surface area (Å²) in [7, 11) is 0. The van der Waals surface area contributed by atoms with Crippen molar-refractivity contribution in [3.05, 3.63) is 53.9 Å². The fourth-order valence-corrected chi connectivity index (χ4v) is 1.91. The summed E-state index contributed by atoms with van der Waals surface area (Å²) in [5, 5.41) is 2.84. The molecular formula is C15H16N2O2. The molecule has 4 heteroatoms. The fraction of sp³-hybridized carbons (Fsp3) is 0.200. The fourth-order valence-electron chi connectivity index (χ4n) is 1.91. The third-order valence-corrected chi connectivity index (χ3v) is 2.87. The molecule has 0 aliphatic carbocycles. The molecule has 2 aromatic rings. The van der Waals surface area contributed by atoms with Gasteiger partial charge in [-0.25, -0.2) is 0 Å². The van der Waals surface area contributed by atoms with Crippen LogP contribution < -0.4 is 5.32 Å². The zero-order chi connectivity index (χ0) is 13.7. The summed E-state index contributed by atoms with van der Waals surface area (Å²) in [5.41, 5.74) is 2.49. The predicted octanol–water partition coefficient (Wildman–Crippen LogP) is 2.64. The van der Waals surface area contributed by atoms with E-state index in [1.54, 1.807) is 22.9 Å². The molecule has 0 atom stereocenters. The molecule has 0 aliphatic heterocycles. The quantitative estimate of drug-likeness (QED) is 0.836. The Bertz CT molecular complexity index is 587. The summed E-state index contributed by atoms with van der Waals surface area (Å²) < 4.78 is 1.77. The summed E-state index contributed by atoms with van der Waals surface area (Å²) in [6.45, 7) is 2.48. The standard InChI is InChI=1S/C15H16N2O2/c1-12-4-2-5-13(10-12)16-15(19)7-9-17-8-3-6-14(17)11-18/h2-6,8,10-11H,7,9H2,1H3,(H,16,19). The number of nitrogens with zero attached hydrogens (tertiary/aromatic N) is 1. The average molecular weight is 256 g/mol. The van der Waals surface area contributed by atoms with Crippen molar-refractivity contribution in [3.63, 3.8) is 0 Å². The third kappa shape index (κ3) is 3.55. The average Bonchev–Trinajstić information content (AvgIpc) is 2.83. The SMILES string of the molecule is Cc1cccc(NC(=O)CCn2cccc2C=O)c1. The molecule has 98 valence electrons. The number of anilines is 1. The van der Waals surface area contributed by atoms with Gasteiger partial charge in [0.05, 0.1) is 5.69 Å². The van der Waals surface area contributed by atoms with Crippen LogP contribution in [0.3, 0.4) is 0 Å². The summed E-state index contributed by atoms with van der Waals surface area (Å²) in [6.07, 6.45) is 2.92. The maximum atomic E-state index is 11.8. The van der Waals surface area contributed by atoms with Gasteiger partial charge < -0.3 is 9.88 Å². The van der Waals surface area contributed by atoms with Gasteiger partial charge in [-0.3, -0.25) is 9.59 Å². The highest BCUT2D eigenvalue weighted by atomic mass is 16.1. The number of aryl methyl sites for hydroxylation is 2. The van der Waals surface area contributed by atoms with Crippen LogP contribution in [0, 0.1) is 6.92 Å². The summed E-state index contributed by atoms with van der Waals surface area (Å²) in [5.74, 6) is -0.0591. The first-order chi connectivity index (χ1) is 9.19. The topological polar surface area (TPSA) is 51.1 Å². The molecule has 0 saturated carbocycles. The van der Waals surface area contributed by atoms with E-state index in [1.807, 2.05) is 31.2 Å². The van der Waals surface area contributed by atoms with Crippen LogP contribution in [-0.4, -0.2) is 16.8 Å². The first-order valence-corrected chi connectivity index (χ1v) is 6.16. The van der Waals surface area contributed by atoms with Crippen molar-refractivity contribution in [3.8, 4) is 0 Å². The molecule has 2 rings (SSSR count). The Morgan fingerprint density at radius 1 is 1.32 bits per heavy atom. The van der Waals surface area contributed by atoms with E-state index in [4.69, 9.17) is 0 Å². The van der Waals surface area contributed by atoms with Crippen LogP contribution in [0.4, 0.5) is 5.69 Å². The second-order valence-corrected chi connectivity index (χ2v) is 4.41. The van der Waals surface area contributed by atoms with Crippen LogP contribution >= 0.6 is 0 Å². The molecule has 0 aliphatic rings. The van der Waals surface area contributed by atoms with Crippen LogP contribution in [0.25, 0.3) is 0 Å². The Morgan fingerprint density at radius 3 is 2.89 bits per heavy atom. The Morgan fingerprint density at radius 2 is 2.16 bits per heavy atom. The number of hydrogen-bond donors (Lipinski definition) is 1. The molecule has 1 aromatic heterocycles. The van der Waals surface area contributed by atoms with Crippen molar-refractivity contribution in [2.24, 2.45) is 0 Å². The molecular weight excluding hydrogens is 240 g/mol. The number of nitrogens with one attached hydrogen (secondary N) is 1. The number of aldehydes is 1. The van der Waals surface area contributed by atoms with Crippen LogP contribution in [-0.2, 0) is 11.3 Å². The lowest BCUT2D eigenvalue weighted by atomic mass is 10.2. The van der Waals surface area contributed by atoms with E-state index in [1.165, 1.54) is 0 Å². The molecule has 1 N–H and O–H groups in total. The van der Waals surface area contributed by atoms with Crippen molar-refractivity contribution in [2.45, 2.75) is 19.9 Å². The minimum Gasteiger partial charge on any atom is -0.345 e. The van der Waals surface area contributed by atoms with Crippen LogP contribution in [0.5, 0.6) is 0 Å². The number of benzene rings is 1. The summed E-state index contributed by atoms with van der Waals surface area (Å²) in [6, 6.07) is 11.2. The first-order valence-electron chi connectivity index (χ1n) is 6.16. The summed E-state index contributed by atoms with van der Waals surface area (Å²) >= 11 is 0. The third-order valence-electron chi connectivity index (χ3n) is 2.87. The largest absolute Gasteiger partial charge is 0.345 e. The van der Waals surface area contributed by atoms with Gasteiger partial charge in [-0.1, -0.05) is 12.1 Å². The zero-order valence-corrected chi connectivity index (χ0v) is 10.8. The van der Waals surface area contributed by atoms with Gasteiger partial charge >= 0.3 is 0 Å². The highest BCUT2D eigenvalue weighted by molar-refractivity contribution is 5.90. The molecule has 1 aromatic carbocycles. The van der Waals surface area contributed by atoms with Crippen molar-refractivity contribution in [2.75, 3.05) is 5.32 Å². The molecule has 0 fully saturated rings. The van der Waals surface area contributed by atoms with E-state index in [-0.39, 0.29) is 5.91 Å². The lowest BCUT2D eigenvalue weighted by Crippen LogP contribution is -2.15. The molecule has 0 saturated heterocycles. The summed E-state index contributed by atoms with van der Waals surface area (Å²) in [4.78, 5) is 22.5. The van der Waals surface area contributed by atoms with E-state index in [2.05, 4.69) is 5.32 Å². The normalized spacial score (nSPS) is 10.2. The maximum absolute atomic E-state index is 11.8. The van der Waals surface area contributed by atoms with Crippen molar-refractivity contribution >= 4 is 17.9 Å². The predicted molar refractivity (Wildman–Crippen MR) is 74.2 cm³/mol. The number of amides is 1. The van der Waals surface area contributed by atoms with Crippen molar-refractivity contribution in [1.29, 1.82) is 0 Å². The van der Waals surface area contributed by atoms with Crippen LogP contribution in [0.2, 0.25) is 0 Å². The highest BCUT2D eigenvalue weighted by Crippen LogP contribution is 2.10. The number of hydrogen-bond acceptors (Lipinski definition) is 2. The Kier molecular flexibility index (Phi) is 4.13. The van der Waals surface area contributed by atoms with Gasteiger partial charge in [0.15, 0.2) is 6.29 Å². The van der Waals surface area contributed by atoms with Crippen LogP contribution in [0.15, 0.2) is 42.6 Å². The van der Waals surface area contributed by atoms with E-state index in [0.717, 1.165) is 17.5 Å². The van der Waals surface area contributed by atoms with Gasteiger partial charge in [0.25, 0.3) is 0 Å². The van der Waals surface area contributed by atoms with Gasteiger partial charge in [-0.05, 0) is 36.8 Å². The van der Waals surface area contributed by atoms with E-state index < -0.39 is 0 Å². The number of aromatic nitrogens is 1. The van der Waals surface area contributed by atoms with Gasteiger partial charge in [0.1, 0.15) is 0 Å². The molecule has 4 nitrogen and oxygen atoms in total. The zero-order valence-electron chi connectivity index (χ0n) is 10.8. The Labute approximate surface area is 112 Å². The minimum absolute atomic E-state index is 0.0591. The Hall–Kier alpha value is -2.36. The maximum Gasteiger partial charge on any atom is 0.226 e. The van der Waals surface area contributed by atoms with Gasteiger partial charge in [-0.15, -0.1) is 0 Å². The van der Waals surface area contributed by atoms with Gasteiger partial charge in [0, 0.05) is 24.8 Å². The Balaban J connectivity index is 1.90. The monoisotopic (exact) mass is 256 g/mol. The molecule has 0 unspecified atom stereocenters. The number of carbonyl (C=O) groups excluding carboxylic acids is 2. The lowest BCUT2D eigenvalue weighted by molar-refractivity contribution is -0.116. The minimum atomic E-state index is -0.0591. The van der Waals surface area contributed by atoms with E-state index in [9.17, 15) is 9.59 Å². The molecule has 0 bridgehead atoms. The van der Waals surface area contributed by atoms with E-state index >= 15 is 0 Å². The second kappa shape index (κ2) is 6.00. The highest BCUT2D eigenvalue weighted by Gasteiger charge is 2.05. The van der Waals surface area contributed by atoms with Gasteiger partial charge in [0.2, 0.25) is 5.91 Å². The molecule has 1 heterocycles. The lowest BCUT2D eigenvalue weighted by Gasteiger charge is -2.07. The molecule has 0 radical (unpaired) electrons. The number of rotatable bonds is 5. The van der Waals surface area contributed by atoms with Crippen molar-refractivity contribution < 1.29 is 9.59 Å². The molecule has 0 spiro atoms. The number of carbonyl (C=O) groups is 2. The second-order valence-electron chi connectivity index (χ2n) is 4.41.